The normalized spacial score (nSPS) is 13.7. The second kappa shape index (κ2) is 8.95. The number of hydrogen-bond donors (Lipinski definition) is 2. The second-order valence-corrected chi connectivity index (χ2v) is 6.73. The molecule has 0 spiro atoms. The first-order valence-corrected chi connectivity index (χ1v) is 9.28. The van der Waals surface area contributed by atoms with Crippen LogP contribution in [0.4, 0.5) is 18.0 Å². The zero-order valence-corrected chi connectivity index (χ0v) is 16.5. The maximum atomic E-state index is 13.1. The van der Waals surface area contributed by atoms with Crippen molar-refractivity contribution in [2.75, 3.05) is 0 Å². The van der Waals surface area contributed by atoms with E-state index in [0.29, 0.717) is 29.5 Å². The molecule has 31 heavy (non-hydrogen) atoms. The van der Waals surface area contributed by atoms with Gasteiger partial charge in [0, 0.05) is 6.42 Å². The van der Waals surface area contributed by atoms with Gasteiger partial charge in [-0.3, -0.25) is 4.79 Å². The first-order chi connectivity index (χ1) is 14.6. The molecule has 9 heteroatoms. The Morgan fingerprint density at radius 1 is 1.13 bits per heavy atom. The molecule has 162 valence electrons. The third kappa shape index (κ3) is 5.65. The highest BCUT2D eigenvalue weighted by Crippen LogP contribution is 2.34. The number of benzene rings is 2. The van der Waals surface area contributed by atoms with Crippen molar-refractivity contribution >= 4 is 12.0 Å². The molecule has 2 amide bonds. The van der Waals surface area contributed by atoms with Gasteiger partial charge in [-0.05, 0) is 48.2 Å². The van der Waals surface area contributed by atoms with Gasteiger partial charge in [0.1, 0.15) is 11.5 Å². The molecular formula is C22H19F3N2O4. The summed E-state index contributed by atoms with van der Waals surface area (Å²) in [5.41, 5.74) is 6.75. The monoisotopic (exact) mass is 432 g/mol. The summed E-state index contributed by atoms with van der Waals surface area (Å²) in [7, 11) is 0. The van der Waals surface area contributed by atoms with Crippen LogP contribution < -0.4 is 15.8 Å². The zero-order chi connectivity index (χ0) is 22.6. The SMILES string of the molecule is Cc1cc(OC(F)(F)F)cc(C(=O)NC2=C(OC(N)=O)CCC=C2)c1-c1ccccc1. The third-order valence-electron chi connectivity index (χ3n) is 4.44. The van der Waals surface area contributed by atoms with Gasteiger partial charge in [0.05, 0.1) is 11.3 Å². The first kappa shape index (κ1) is 21.9. The van der Waals surface area contributed by atoms with Crippen molar-refractivity contribution in [3.8, 4) is 16.9 Å². The molecule has 0 bridgehead atoms. The van der Waals surface area contributed by atoms with Gasteiger partial charge in [0.15, 0.2) is 0 Å². The number of halogens is 3. The summed E-state index contributed by atoms with van der Waals surface area (Å²) in [6, 6.07) is 11.0. The number of rotatable bonds is 5. The molecule has 3 rings (SSSR count). The standard InChI is InChI=1S/C22H19F3N2O4/c1-13-11-15(31-22(23,24)25)12-16(19(13)14-7-3-2-4-8-14)20(28)27-17-9-5-6-10-18(17)30-21(26)29/h2-5,7-9,11-12H,6,10H2,1H3,(H2,26,29)(H,27,28). The number of carbonyl (C=O) groups excluding carboxylic acids is 2. The molecule has 0 fully saturated rings. The summed E-state index contributed by atoms with van der Waals surface area (Å²) in [4.78, 5) is 24.3. The van der Waals surface area contributed by atoms with Gasteiger partial charge >= 0.3 is 12.5 Å². The van der Waals surface area contributed by atoms with E-state index in [4.69, 9.17) is 10.5 Å². The predicted octanol–water partition coefficient (Wildman–Crippen LogP) is 4.95. The number of aryl methyl sites for hydroxylation is 1. The molecule has 0 unspecified atom stereocenters. The van der Waals surface area contributed by atoms with Crippen molar-refractivity contribution in [2.24, 2.45) is 5.73 Å². The molecule has 1 aliphatic carbocycles. The molecular weight excluding hydrogens is 413 g/mol. The van der Waals surface area contributed by atoms with Gasteiger partial charge in [-0.2, -0.15) is 0 Å². The number of nitrogens with two attached hydrogens (primary N) is 1. The minimum absolute atomic E-state index is 0.0321. The summed E-state index contributed by atoms with van der Waals surface area (Å²) in [5.74, 6) is -1.04. The number of hydrogen-bond acceptors (Lipinski definition) is 4. The smallest absolute Gasteiger partial charge is 0.413 e. The summed E-state index contributed by atoms with van der Waals surface area (Å²) < 4.78 is 47.3. The Hall–Kier alpha value is -3.75. The van der Waals surface area contributed by atoms with Gasteiger partial charge in [-0.15, -0.1) is 13.2 Å². The summed E-state index contributed by atoms with van der Waals surface area (Å²) >= 11 is 0. The quantitative estimate of drug-likeness (QED) is 0.700. The summed E-state index contributed by atoms with van der Waals surface area (Å²) in [6.07, 6.45) is -1.73. The Kier molecular flexibility index (Phi) is 6.33. The van der Waals surface area contributed by atoms with Gasteiger partial charge in [0.25, 0.3) is 5.91 Å². The number of allylic oxidation sites excluding steroid dienone is 3. The fourth-order valence-electron chi connectivity index (χ4n) is 3.29. The van der Waals surface area contributed by atoms with Gasteiger partial charge in [-0.25, -0.2) is 4.79 Å². The van der Waals surface area contributed by atoms with Crippen LogP contribution in [0.15, 0.2) is 66.1 Å². The molecule has 0 radical (unpaired) electrons. The van der Waals surface area contributed by atoms with E-state index in [1.165, 1.54) is 6.07 Å². The van der Waals surface area contributed by atoms with Crippen molar-refractivity contribution in [3.63, 3.8) is 0 Å². The number of carbonyl (C=O) groups is 2. The Labute approximate surface area is 176 Å². The molecule has 1 aliphatic rings. The molecule has 0 heterocycles. The number of alkyl halides is 3. The highest BCUT2D eigenvalue weighted by molar-refractivity contribution is 6.03. The van der Waals surface area contributed by atoms with E-state index >= 15 is 0 Å². The van der Waals surface area contributed by atoms with E-state index in [2.05, 4.69) is 10.1 Å². The van der Waals surface area contributed by atoms with E-state index < -0.39 is 24.1 Å². The van der Waals surface area contributed by atoms with Crippen LogP contribution in [0.2, 0.25) is 0 Å². The second-order valence-electron chi connectivity index (χ2n) is 6.73. The number of ether oxygens (including phenoxy) is 2. The third-order valence-corrected chi connectivity index (χ3v) is 4.44. The Morgan fingerprint density at radius 3 is 2.48 bits per heavy atom. The van der Waals surface area contributed by atoms with Crippen molar-refractivity contribution in [1.82, 2.24) is 5.32 Å². The first-order valence-electron chi connectivity index (χ1n) is 9.28. The van der Waals surface area contributed by atoms with Crippen molar-refractivity contribution in [3.05, 3.63) is 77.2 Å². The molecule has 0 saturated heterocycles. The molecule has 0 aromatic heterocycles. The van der Waals surface area contributed by atoms with Crippen LogP contribution in [0, 0.1) is 6.92 Å². The Balaban J connectivity index is 2.06. The summed E-state index contributed by atoms with van der Waals surface area (Å²) in [6.45, 7) is 1.59. The van der Waals surface area contributed by atoms with Crippen molar-refractivity contribution in [2.45, 2.75) is 26.1 Å². The molecule has 3 N–H and O–H groups in total. The maximum absolute atomic E-state index is 13.1. The van der Waals surface area contributed by atoms with Crippen LogP contribution in [0.3, 0.4) is 0 Å². The van der Waals surface area contributed by atoms with Crippen LogP contribution in [0.25, 0.3) is 11.1 Å². The lowest BCUT2D eigenvalue weighted by atomic mass is 9.94. The minimum Gasteiger partial charge on any atom is -0.413 e. The Morgan fingerprint density at radius 2 is 1.84 bits per heavy atom. The maximum Gasteiger partial charge on any atom is 0.573 e. The average molecular weight is 432 g/mol. The predicted molar refractivity (Wildman–Crippen MR) is 107 cm³/mol. The number of amides is 2. The minimum atomic E-state index is -4.91. The largest absolute Gasteiger partial charge is 0.573 e. The van der Waals surface area contributed by atoms with Gasteiger partial charge in [0.2, 0.25) is 0 Å². The van der Waals surface area contributed by atoms with Gasteiger partial charge in [-0.1, -0.05) is 36.4 Å². The highest BCUT2D eigenvalue weighted by Gasteiger charge is 2.32. The molecule has 6 nitrogen and oxygen atoms in total. The lowest BCUT2D eigenvalue weighted by Gasteiger charge is -2.19. The zero-order valence-electron chi connectivity index (χ0n) is 16.5. The molecule has 2 aromatic rings. The van der Waals surface area contributed by atoms with Crippen LogP contribution in [0.1, 0.15) is 28.8 Å². The van der Waals surface area contributed by atoms with Crippen LogP contribution in [-0.2, 0) is 4.74 Å². The van der Waals surface area contributed by atoms with Crippen molar-refractivity contribution < 1.29 is 32.2 Å². The topological polar surface area (TPSA) is 90.7 Å². The van der Waals surface area contributed by atoms with E-state index in [-0.39, 0.29) is 17.0 Å². The lowest BCUT2D eigenvalue weighted by Crippen LogP contribution is -2.27. The van der Waals surface area contributed by atoms with Gasteiger partial charge < -0.3 is 20.5 Å². The Bertz CT molecular complexity index is 1060. The molecule has 0 aliphatic heterocycles. The lowest BCUT2D eigenvalue weighted by molar-refractivity contribution is -0.274. The van der Waals surface area contributed by atoms with E-state index in [9.17, 15) is 22.8 Å². The number of primary amides is 1. The van der Waals surface area contributed by atoms with Crippen LogP contribution in [0.5, 0.6) is 5.75 Å². The van der Waals surface area contributed by atoms with E-state index in [0.717, 1.165) is 6.07 Å². The van der Waals surface area contributed by atoms with Crippen LogP contribution >= 0.6 is 0 Å². The van der Waals surface area contributed by atoms with Crippen molar-refractivity contribution in [1.29, 1.82) is 0 Å². The fraction of sp³-hybridized carbons (Fsp3) is 0.182. The van der Waals surface area contributed by atoms with Crippen LogP contribution in [-0.4, -0.2) is 18.4 Å². The summed E-state index contributed by atoms with van der Waals surface area (Å²) in [5, 5.41) is 2.60. The highest BCUT2D eigenvalue weighted by atomic mass is 19.4. The fourth-order valence-corrected chi connectivity index (χ4v) is 3.29. The molecule has 2 aromatic carbocycles. The average Bonchev–Trinajstić information content (AvgIpc) is 2.68. The van der Waals surface area contributed by atoms with E-state index in [1.807, 2.05) is 0 Å². The molecule has 0 atom stereocenters. The number of nitrogens with one attached hydrogen (secondary N) is 1. The van der Waals surface area contributed by atoms with E-state index in [1.54, 1.807) is 49.4 Å². The molecule has 0 saturated carbocycles.